The van der Waals surface area contributed by atoms with Crippen LogP contribution in [-0.4, -0.2) is 16.6 Å². The number of aryl methyl sites for hydroxylation is 4. The standard InChI is InChI=1S/C20H21N3OS/c1-13-6-5-7-14(2)19(13)23-18(24)12-25-20-16(11-21)10-15-8-3-4-9-17(15)22-20/h5-7,10H,3-4,8-9,12H2,1-2H3,(H,23,24). The summed E-state index contributed by atoms with van der Waals surface area (Å²) in [4.78, 5) is 17.0. The Kier molecular flexibility index (Phi) is 5.40. The first-order chi connectivity index (χ1) is 12.1. The van der Waals surface area contributed by atoms with Gasteiger partial charge in [0.25, 0.3) is 0 Å². The van der Waals surface area contributed by atoms with Gasteiger partial charge in [-0.05, 0) is 62.3 Å². The number of carbonyl (C=O) groups excluding carboxylic acids is 1. The molecule has 2 aromatic rings. The number of hydrogen-bond acceptors (Lipinski definition) is 4. The monoisotopic (exact) mass is 351 g/mol. The molecule has 0 saturated heterocycles. The van der Waals surface area contributed by atoms with Crippen LogP contribution in [0.1, 0.15) is 40.8 Å². The third-order valence-electron chi connectivity index (χ3n) is 4.47. The van der Waals surface area contributed by atoms with Gasteiger partial charge in [0.05, 0.1) is 11.3 Å². The zero-order valence-electron chi connectivity index (χ0n) is 14.6. The molecule has 1 heterocycles. The van der Waals surface area contributed by atoms with Gasteiger partial charge in [0.1, 0.15) is 11.1 Å². The predicted molar refractivity (Wildman–Crippen MR) is 101 cm³/mol. The molecule has 0 aliphatic heterocycles. The van der Waals surface area contributed by atoms with E-state index in [0.29, 0.717) is 10.6 Å². The Morgan fingerprint density at radius 1 is 1.28 bits per heavy atom. The van der Waals surface area contributed by atoms with Gasteiger partial charge < -0.3 is 5.32 Å². The largest absolute Gasteiger partial charge is 0.325 e. The lowest BCUT2D eigenvalue weighted by Gasteiger charge is -2.16. The number of para-hydroxylation sites is 1. The third-order valence-corrected chi connectivity index (χ3v) is 5.46. The van der Waals surface area contributed by atoms with E-state index in [1.807, 2.05) is 38.1 Å². The summed E-state index contributed by atoms with van der Waals surface area (Å²) in [5, 5.41) is 13.0. The number of fused-ring (bicyclic) bond motifs is 1. The highest BCUT2D eigenvalue weighted by Crippen LogP contribution is 2.27. The third kappa shape index (κ3) is 4.02. The van der Waals surface area contributed by atoms with Crippen LogP contribution in [0, 0.1) is 25.2 Å². The molecule has 0 atom stereocenters. The number of nitrogens with one attached hydrogen (secondary N) is 1. The Labute approximate surface area is 152 Å². The van der Waals surface area contributed by atoms with Crippen molar-refractivity contribution >= 4 is 23.4 Å². The molecule has 0 radical (unpaired) electrons. The summed E-state index contributed by atoms with van der Waals surface area (Å²) in [5.74, 6) is 0.166. The minimum absolute atomic E-state index is 0.0780. The van der Waals surface area contributed by atoms with Gasteiger partial charge in [0.2, 0.25) is 5.91 Å². The number of hydrogen-bond donors (Lipinski definition) is 1. The molecule has 1 amide bonds. The Bertz CT molecular complexity index is 835. The van der Waals surface area contributed by atoms with E-state index in [0.717, 1.165) is 48.2 Å². The highest BCUT2D eigenvalue weighted by atomic mass is 32.2. The summed E-state index contributed by atoms with van der Waals surface area (Å²) >= 11 is 1.34. The first kappa shape index (κ1) is 17.5. The van der Waals surface area contributed by atoms with Crippen molar-refractivity contribution in [2.75, 3.05) is 11.1 Å². The van der Waals surface area contributed by atoms with Crippen LogP contribution in [0.4, 0.5) is 5.69 Å². The summed E-state index contributed by atoms with van der Waals surface area (Å²) in [6, 6.07) is 10.1. The maximum Gasteiger partial charge on any atom is 0.234 e. The topological polar surface area (TPSA) is 65.8 Å². The van der Waals surface area contributed by atoms with Gasteiger partial charge in [-0.3, -0.25) is 4.79 Å². The zero-order chi connectivity index (χ0) is 17.8. The van der Waals surface area contributed by atoms with E-state index in [1.54, 1.807) is 0 Å². The number of thioether (sulfide) groups is 1. The minimum Gasteiger partial charge on any atom is -0.325 e. The second-order valence-electron chi connectivity index (χ2n) is 6.37. The van der Waals surface area contributed by atoms with Gasteiger partial charge in [-0.2, -0.15) is 5.26 Å². The van der Waals surface area contributed by atoms with Crippen LogP contribution in [0.5, 0.6) is 0 Å². The van der Waals surface area contributed by atoms with Gasteiger partial charge in [-0.1, -0.05) is 30.0 Å². The van der Waals surface area contributed by atoms with Crippen molar-refractivity contribution < 1.29 is 4.79 Å². The first-order valence-electron chi connectivity index (χ1n) is 8.50. The molecule has 1 aromatic heterocycles. The lowest BCUT2D eigenvalue weighted by molar-refractivity contribution is -0.113. The highest BCUT2D eigenvalue weighted by Gasteiger charge is 2.16. The lowest BCUT2D eigenvalue weighted by atomic mass is 9.95. The van der Waals surface area contributed by atoms with Crippen LogP contribution in [0.15, 0.2) is 29.3 Å². The van der Waals surface area contributed by atoms with Crippen molar-refractivity contribution in [2.24, 2.45) is 0 Å². The Morgan fingerprint density at radius 3 is 2.72 bits per heavy atom. The number of aromatic nitrogens is 1. The Morgan fingerprint density at radius 2 is 2.00 bits per heavy atom. The fourth-order valence-electron chi connectivity index (χ4n) is 3.13. The average Bonchev–Trinajstić information content (AvgIpc) is 2.62. The van der Waals surface area contributed by atoms with Crippen molar-refractivity contribution in [3.8, 4) is 6.07 Å². The SMILES string of the molecule is Cc1cccc(C)c1NC(=O)CSc1nc2c(cc1C#N)CCCC2. The predicted octanol–water partition coefficient (Wildman–Crippen LogP) is 4.18. The van der Waals surface area contributed by atoms with Gasteiger partial charge in [0, 0.05) is 11.4 Å². The van der Waals surface area contributed by atoms with Crippen molar-refractivity contribution in [2.45, 2.75) is 44.6 Å². The number of amides is 1. The number of anilines is 1. The first-order valence-corrected chi connectivity index (χ1v) is 9.49. The molecule has 5 heteroatoms. The van der Waals surface area contributed by atoms with Crippen LogP contribution in [0.2, 0.25) is 0 Å². The second kappa shape index (κ2) is 7.71. The van der Waals surface area contributed by atoms with Gasteiger partial charge in [0.15, 0.2) is 0 Å². The summed E-state index contributed by atoms with van der Waals surface area (Å²) in [6.45, 7) is 3.96. The van der Waals surface area contributed by atoms with Gasteiger partial charge in [-0.15, -0.1) is 0 Å². The molecule has 25 heavy (non-hydrogen) atoms. The number of benzene rings is 1. The van der Waals surface area contributed by atoms with E-state index in [1.165, 1.54) is 17.3 Å². The van der Waals surface area contributed by atoms with Crippen LogP contribution in [0.3, 0.4) is 0 Å². The maximum atomic E-state index is 12.3. The minimum atomic E-state index is -0.0780. The van der Waals surface area contributed by atoms with Crippen LogP contribution in [0.25, 0.3) is 0 Å². The molecule has 1 N–H and O–H groups in total. The van der Waals surface area contributed by atoms with Crippen molar-refractivity contribution in [1.82, 2.24) is 4.98 Å². The average molecular weight is 351 g/mol. The molecule has 0 spiro atoms. The quantitative estimate of drug-likeness (QED) is 0.839. The van der Waals surface area contributed by atoms with Crippen LogP contribution in [-0.2, 0) is 17.6 Å². The van der Waals surface area contributed by atoms with E-state index >= 15 is 0 Å². The molecule has 4 nitrogen and oxygen atoms in total. The molecule has 0 bridgehead atoms. The van der Waals surface area contributed by atoms with E-state index in [9.17, 15) is 10.1 Å². The number of nitrogens with zero attached hydrogens (tertiary/aromatic N) is 2. The maximum absolute atomic E-state index is 12.3. The summed E-state index contributed by atoms with van der Waals surface area (Å²) in [6.07, 6.45) is 4.26. The van der Waals surface area contributed by atoms with E-state index < -0.39 is 0 Å². The smallest absolute Gasteiger partial charge is 0.234 e. The molecule has 1 aliphatic carbocycles. The molecule has 1 aromatic carbocycles. The molecule has 0 saturated carbocycles. The van der Waals surface area contributed by atoms with E-state index in [-0.39, 0.29) is 11.7 Å². The summed E-state index contributed by atoms with van der Waals surface area (Å²) in [7, 11) is 0. The molecule has 1 aliphatic rings. The van der Waals surface area contributed by atoms with Crippen molar-refractivity contribution in [3.05, 3.63) is 52.2 Å². The molecule has 0 fully saturated rings. The van der Waals surface area contributed by atoms with Gasteiger partial charge in [-0.25, -0.2) is 4.98 Å². The Balaban J connectivity index is 1.71. The van der Waals surface area contributed by atoms with Crippen molar-refractivity contribution in [3.63, 3.8) is 0 Å². The van der Waals surface area contributed by atoms with Crippen molar-refractivity contribution in [1.29, 1.82) is 5.26 Å². The molecular weight excluding hydrogens is 330 g/mol. The normalized spacial score (nSPS) is 13.0. The molecular formula is C20H21N3OS. The number of nitriles is 1. The summed E-state index contributed by atoms with van der Waals surface area (Å²) in [5.41, 5.74) is 5.80. The molecule has 0 unspecified atom stereocenters. The fourth-order valence-corrected chi connectivity index (χ4v) is 3.90. The van der Waals surface area contributed by atoms with Gasteiger partial charge >= 0.3 is 0 Å². The highest BCUT2D eigenvalue weighted by molar-refractivity contribution is 8.00. The Hall–Kier alpha value is -2.32. The second-order valence-corrected chi connectivity index (χ2v) is 7.33. The fraction of sp³-hybridized carbons (Fsp3) is 0.350. The zero-order valence-corrected chi connectivity index (χ0v) is 15.4. The number of carbonyl (C=O) groups is 1. The van der Waals surface area contributed by atoms with Crippen LogP contribution >= 0.6 is 11.8 Å². The summed E-state index contributed by atoms with van der Waals surface area (Å²) < 4.78 is 0. The molecule has 128 valence electrons. The lowest BCUT2D eigenvalue weighted by Crippen LogP contribution is -2.16. The van der Waals surface area contributed by atoms with Crippen LogP contribution < -0.4 is 5.32 Å². The van der Waals surface area contributed by atoms with E-state index in [2.05, 4.69) is 16.4 Å². The van der Waals surface area contributed by atoms with E-state index in [4.69, 9.17) is 0 Å². The molecule has 3 rings (SSSR count). The number of rotatable bonds is 4. The number of pyridine rings is 1.